The molecule has 1 aliphatic rings. The lowest BCUT2D eigenvalue weighted by molar-refractivity contribution is 0.180. The first-order chi connectivity index (χ1) is 9.43. The predicted octanol–water partition coefficient (Wildman–Crippen LogP) is 4.05. The average molecular weight is 313 g/mol. The Morgan fingerprint density at radius 3 is 2.70 bits per heavy atom. The van der Waals surface area contributed by atoms with Crippen LogP contribution in [0.2, 0.25) is 0 Å². The molecule has 1 aromatic rings. The molecule has 2 unspecified atom stereocenters. The second-order valence-electron chi connectivity index (χ2n) is 6.36. The number of hydrogen-bond acceptors (Lipinski definition) is 4. The monoisotopic (exact) mass is 312 g/mol. The molecule has 0 spiro atoms. The summed E-state index contributed by atoms with van der Waals surface area (Å²) in [5.74, 6) is 1.21. The van der Waals surface area contributed by atoms with Crippen molar-refractivity contribution in [2.24, 2.45) is 5.73 Å². The summed E-state index contributed by atoms with van der Waals surface area (Å²) in [6.45, 7) is 11.4. The van der Waals surface area contributed by atoms with Gasteiger partial charge in [0.15, 0.2) is 0 Å². The van der Waals surface area contributed by atoms with Gasteiger partial charge in [-0.2, -0.15) is 11.8 Å². The Morgan fingerprint density at radius 1 is 1.35 bits per heavy atom. The van der Waals surface area contributed by atoms with Crippen molar-refractivity contribution in [3.63, 3.8) is 0 Å². The molecule has 0 bridgehead atoms. The number of rotatable bonds is 4. The van der Waals surface area contributed by atoms with E-state index in [-0.39, 0.29) is 6.04 Å². The summed E-state index contributed by atoms with van der Waals surface area (Å²) in [5.41, 5.74) is 6.47. The van der Waals surface area contributed by atoms with Crippen LogP contribution in [0.3, 0.4) is 0 Å². The molecule has 2 nitrogen and oxygen atoms in total. The second-order valence-corrected chi connectivity index (χ2v) is 9.48. The predicted molar refractivity (Wildman–Crippen MR) is 92.8 cm³/mol. The number of hydrogen-bond donors (Lipinski definition) is 1. The van der Waals surface area contributed by atoms with Gasteiger partial charge in [-0.05, 0) is 31.9 Å². The maximum atomic E-state index is 6.47. The van der Waals surface area contributed by atoms with E-state index in [0.29, 0.717) is 10.8 Å². The molecule has 114 valence electrons. The van der Waals surface area contributed by atoms with E-state index in [0.717, 1.165) is 19.5 Å². The zero-order valence-electron chi connectivity index (χ0n) is 13.2. The highest BCUT2D eigenvalue weighted by Gasteiger charge is 2.31. The van der Waals surface area contributed by atoms with E-state index < -0.39 is 0 Å². The molecule has 4 heteroatoms. The topological polar surface area (TPSA) is 29.3 Å². The van der Waals surface area contributed by atoms with Crippen molar-refractivity contribution in [3.8, 4) is 0 Å². The Kier molecular flexibility index (Phi) is 5.57. The summed E-state index contributed by atoms with van der Waals surface area (Å²) >= 11 is 4.01. The highest BCUT2D eigenvalue weighted by atomic mass is 32.2. The van der Waals surface area contributed by atoms with E-state index >= 15 is 0 Å². The van der Waals surface area contributed by atoms with E-state index in [9.17, 15) is 0 Å². The van der Waals surface area contributed by atoms with Crippen molar-refractivity contribution < 1.29 is 0 Å². The largest absolute Gasteiger partial charge is 0.326 e. The summed E-state index contributed by atoms with van der Waals surface area (Å²) < 4.78 is 0.404. The molecule has 2 N–H and O–H groups in total. The average Bonchev–Trinajstić information content (AvgIpc) is 2.73. The van der Waals surface area contributed by atoms with E-state index in [2.05, 4.69) is 56.5 Å². The maximum Gasteiger partial charge on any atom is 0.0593 e. The molecular formula is C16H28N2S2. The van der Waals surface area contributed by atoms with E-state index in [4.69, 9.17) is 5.73 Å². The number of nitrogens with two attached hydrogens (primary N) is 1. The molecule has 20 heavy (non-hydrogen) atoms. The van der Waals surface area contributed by atoms with Crippen LogP contribution in [0.5, 0.6) is 0 Å². The second kappa shape index (κ2) is 6.82. The minimum absolute atomic E-state index is 0.235. The zero-order valence-corrected chi connectivity index (χ0v) is 14.8. The van der Waals surface area contributed by atoms with E-state index in [1.165, 1.54) is 21.9 Å². The SMILES string of the molecule is CCC(N)C(c1ccc(C)s1)N1CCSC(C)(C)CC1. The van der Waals surface area contributed by atoms with Crippen LogP contribution in [0.25, 0.3) is 0 Å². The standard InChI is InChI=1S/C16H28N2S2/c1-5-13(17)15(14-7-6-12(2)20-14)18-9-8-16(3,4)19-11-10-18/h6-7,13,15H,5,8-11,17H2,1-4H3. The summed E-state index contributed by atoms with van der Waals surface area (Å²) in [7, 11) is 0. The van der Waals surface area contributed by atoms with Crippen LogP contribution < -0.4 is 5.73 Å². The first-order valence-electron chi connectivity index (χ1n) is 7.63. The van der Waals surface area contributed by atoms with Crippen molar-refractivity contribution >= 4 is 23.1 Å². The quantitative estimate of drug-likeness (QED) is 0.909. The Labute approximate surface area is 132 Å². The van der Waals surface area contributed by atoms with Gasteiger partial charge < -0.3 is 5.73 Å². The summed E-state index contributed by atoms with van der Waals surface area (Å²) in [6, 6.07) is 5.14. The normalized spacial score (nSPS) is 23.2. The van der Waals surface area contributed by atoms with Crippen molar-refractivity contribution in [3.05, 3.63) is 21.9 Å². The van der Waals surface area contributed by atoms with Crippen LogP contribution in [-0.2, 0) is 0 Å². The van der Waals surface area contributed by atoms with Gasteiger partial charge in [-0.15, -0.1) is 11.3 Å². The lowest BCUT2D eigenvalue weighted by atomic mass is 10.0. The smallest absolute Gasteiger partial charge is 0.0593 e. The third kappa shape index (κ3) is 4.00. The molecule has 2 atom stereocenters. The van der Waals surface area contributed by atoms with Gasteiger partial charge in [-0.1, -0.05) is 20.8 Å². The van der Waals surface area contributed by atoms with Gasteiger partial charge in [0.25, 0.3) is 0 Å². The number of aryl methyl sites for hydroxylation is 1. The summed E-state index contributed by atoms with van der Waals surface area (Å²) in [6.07, 6.45) is 2.28. The molecule has 2 heterocycles. The van der Waals surface area contributed by atoms with E-state index in [1.54, 1.807) is 0 Å². The number of thioether (sulfide) groups is 1. The first kappa shape index (κ1) is 16.3. The Balaban J connectivity index is 2.18. The van der Waals surface area contributed by atoms with Crippen LogP contribution in [-0.4, -0.2) is 34.5 Å². The Hall–Kier alpha value is -0.0300. The first-order valence-corrected chi connectivity index (χ1v) is 9.43. The van der Waals surface area contributed by atoms with Crippen molar-refractivity contribution in [2.75, 3.05) is 18.8 Å². The minimum atomic E-state index is 0.235. The summed E-state index contributed by atoms with van der Waals surface area (Å²) in [4.78, 5) is 5.46. The van der Waals surface area contributed by atoms with Gasteiger partial charge >= 0.3 is 0 Å². The zero-order chi connectivity index (χ0) is 14.8. The Morgan fingerprint density at radius 2 is 2.10 bits per heavy atom. The van der Waals surface area contributed by atoms with Gasteiger partial charge in [0.2, 0.25) is 0 Å². The van der Waals surface area contributed by atoms with E-state index in [1.807, 2.05) is 11.3 Å². The molecule has 1 saturated heterocycles. The third-order valence-corrected chi connectivity index (χ3v) is 6.64. The molecule has 0 aromatic carbocycles. The highest BCUT2D eigenvalue weighted by molar-refractivity contribution is 8.00. The lowest BCUT2D eigenvalue weighted by Crippen LogP contribution is -2.41. The highest BCUT2D eigenvalue weighted by Crippen LogP contribution is 2.36. The summed E-state index contributed by atoms with van der Waals surface area (Å²) in [5, 5.41) is 0. The fourth-order valence-electron chi connectivity index (χ4n) is 2.81. The van der Waals surface area contributed by atoms with Crippen LogP contribution in [0.4, 0.5) is 0 Å². The van der Waals surface area contributed by atoms with Gasteiger partial charge in [0.05, 0.1) is 6.04 Å². The van der Waals surface area contributed by atoms with Crippen LogP contribution >= 0.6 is 23.1 Å². The van der Waals surface area contributed by atoms with Crippen LogP contribution in [0.15, 0.2) is 12.1 Å². The van der Waals surface area contributed by atoms with Gasteiger partial charge in [-0.25, -0.2) is 0 Å². The number of thiophene rings is 1. The molecule has 0 aliphatic carbocycles. The van der Waals surface area contributed by atoms with Gasteiger partial charge in [0, 0.05) is 39.4 Å². The maximum absolute atomic E-state index is 6.47. The Bertz CT molecular complexity index is 428. The molecule has 0 radical (unpaired) electrons. The molecule has 2 rings (SSSR count). The third-order valence-electron chi connectivity index (χ3n) is 4.20. The van der Waals surface area contributed by atoms with Crippen molar-refractivity contribution in [1.82, 2.24) is 4.90 Å². The lowest BCUT2D eigenvalue weighted by Gasteiger charge is -2.34. The van der Waals surface area contributed by atoms with Crippen molar-refractivity contribution in [2.45, 2.75) is 57.4 Å². The molecule has 1 aliphatic heterocycles. The van der Waals surface area contributed by atoms with Gasteiger partial charge in [0.1, 0.15) is 0 Å². The minimum Gasteiger partial charge on any atom is -0.326 e. The molecule has 0 saturated carbocycles. The molecular weight excluding hydrogens is 284 g/mol. The molecule has 0 amide bonds. The van der Waals surface area contributed by atoms with Crippen molar-refractivity contribution in [1.29, 1.82) is 0 Å². The van der Waals surface area contributed by atoms with Crippen LogP contribution in [0, 0.1) is 6.92 Å². The molecule has 1 fully saturated rings. The fourth-order valence-corrected chi connectivity index (χ4v) is 5.01. The van der Waals surface area contributed by atoms with Gasteiger partial charge in [-0.3, -0.25) is 4.90 Å². The fraction of sp³-hybridized carbons (Fsp3) is 0.750. The molecule has 1 aromatic heterocycles. The number of nitrogens with zero attached hydrogens (tertiary/aromatic N) is 1. The van der Waals surface area contributed by atoms with Crippen LogP contribution in [0.1, 0.15) is 49.4 Å².